The Kier molecular flexibility index (Phi) is 2.36. The van der Waals surface area contributed by atoms with E-state index in [1.165, 1.54) is 29.4 Å². The molecule has 1 saturated carbocycles. The number of fused-ring (bicyclic) bond motifs is 1. The topological polar surface area (TPSA) is 12.9 Å². The Morgan fingerprint density at radius 2 is 2.19 bits per heavy atom. The van der Waals surface area contributed by atoms with Crippen LogP contribution in [0.5, 0.6) is 0 Å². The first kappa shape index (κ1) is 10.1. The predicted octanol–water partition coefficient (Wildman–Crippen LogP) is 4.33. The molecule has 0 amide bonds. The van der Waals surface area contributed by atoms with Gasteiger partial charge in [0.15, 0.2) is 0 Å². The van der Waals surface area contributed by atoms with Gasteiger partial charge in [-0.2, -0.15) is 0 Å². The number of pyridine rings is 1. The zero-order valence-corrected chi connectivity index (χ0v) is 10.1. The van der Waals surface area contributed by atoms with Crippen LogP contribution in [0.15, 0.2) is 24.4 Å². The maximum absolute atomic E-state index is 6.00. The summed E-state index contributed by atoms with van der Waals surface area (Å²) >= 11 is 6.00. The molecular formula is C14H14ClN. The van der Waals surface area contributed by atoms with Gasteiger partial charge in [-0.3, -0.25) is 4.98 Å². The Hall–Kier alpha value is -1.08. The van der Waals surface area contributed by atoms with Crippen molar-refractivity contribution in [2.24, 2.45) is 0 Å². The largest absolute Gasteiger partial charge is 0.256 e. The Labute approximate surface area is 100 Å². The first-order valence-corrected chi connectivity index (χ1v) is 6.24. The third kappa shape index (κ3) is 1.60. The van der Waals surface area contributed by atoms with Gasteiger partial charge in [0.25, 0.3) is 0 Å². The van der Waals surface area contributed by atoms with E-state index in [-0.39, 0.29) is 0 Å². The smallest absolute Gasteiger partial charge is 0.0719 e. The van der Waals surface area contributed by atoms with Gasteiger partial charge in [-0.1, -0.05) is 24.6 Å². The van der Waals surface area contributed by atoms with Crippen LogP contribution in [0.4, 0.5) is 0 Å². The molecule has 1 aromatic heterocycles. The van der Waals surface area contributed by atoms with Crippen LogP contribution in [0, 0.1) is 0 Å². The molecule has 0 unspecified atom stereocenters. The summed E-state index contributed by atoms with van der Waals surface area (Å²) < 4.78 is 0. The second kappa shape index (κ2) is 3.74. The van der Waals surface area contributed by atoms with Gasteiger partial charge >= 0.3 is 0 Å². The second-order valence-corrected chi connectivity index (χ2v) is 4.92. The van der Waals surface area contributed by atoms with E-state index in [0.29, 0.717) is 0 Å². The number of hydrogen-bond acceptors (Lipinski definition) is 1. The molecule has 0 saturated heterocycles. The van der Waals surface area contributed by atoms with E-state index in [1.54, 1.807) is 0 Å². The average molecular weight is 232 g/mol. The van der Waals surface area contributed by atoms with Crippen LogP contribution in [-0.2, 0) is 6.42 Å². The van der Waals surface area contributed by atoms with Crippen molar-refractivity contribution < 1.29 is 0 Å². The summed E-state index contributed by atoms with van der Waals surface area (Å²) in [5.74, 6) is 0.765. The van der Waals surface area contributed by atoms with Gasteiger partial charge in [-0.15, -0.1) is 0 Å². The molecule has 0 aliphatic heterocycles. The average Bonchev–Trinajstić information content (AvgIpc) is 3.11. The van der Waals surface area contributed by atoms with E-state index in [2.05, 4.69) is 18.0 Å². The third-order valence-corrected chi connectivity index (χ3v) is 3.56. The van der Waals surface area contributed by atoms with Crippen molar-refractivity contribution in [2.75, 3.05) is 0 Å². The van der Waals surface area contributed by atoms with Crippen LogP contribution in [0.2, 0.25) is 5.02 Å². The number of benzene rings is 1. The van der Waals surface area contributed by atoms with Crippen molar-refractivity contribution in [3.8, 4) is 0 Å². The lowest BCUT2D eigenvalue weighted by molar-refractivity contribution is 1.03. The molecule has 2 aromatic rings. The highest BCUT2D eigenvalue weighted by atomic mass is 35.5. The lowest BCUT2D eigenvalue weighted by Gasteiger charge is -2.10. The van der Waals surface area contributed by atoms with Crippen molar-refractivity contribution in [1.29, 1.82) is 0 Å². The summed E-state index contributed by atoms with van der Waals surface area (Å²) in [7, 11) is 0. The van der Waals surface area contributed by atoms with E-state index in [1.807, 2.05) is 18.3 Å². The molecule has 82 valence electrons. The molecule has 0 N–H and O–H groups in total. The number of rotatable bonds is 2. The first-order chi connectivity index (χ1) is 7.79. The lowest BCUT2D eigenvalue weighted by Crippen LogP contribution is -1.94. The molecule has 2 heteroatoms. The molecule has 0 atom stereocenters. The zero-order chi connectivity index (χ0) is 11.1. The third-order valence-electron chi connectivity index (χ3n) is 3.32. The van der Waals surface area contributed by atoms with Crippen LogP contribution >= 0.6 is 11.6 Å². The standard InChI is InChI=1S/C14H14ClN/c1-2-9-8-16-13-7-11(15)5-6-12(13)14(9)10-3-4-10/h5-8,10H,2-4H2,1H3. The minimum atomic E-state index is 0.765. The number of aromatic nitrogens is 1. The molecule has 1 aromatic carbocycles. The number of nitrogens with zero attached hydrogens (tertiary/aromatic N) is 1. The first-order valence-electron chi connectivity index (χ1n) is 5.86. The molecule has 1 heterocycles. The van der Waals surface area contributed by atoms with Crippen LogP contribution in [0.1, 0.15) is 36.8 Å². The number of halogens is 1. The zero-order valence-electron chi connectivity index (χ0n) is 9.33. The van der Waals surface area contributed by atoms with Gasteiger partial charge < -0.3 is 0 Å². The summed E-state index contributed by atoms with van der Waals surface area (Å²) in [6, 6.07) is 6.05. The fourth-order valence-electron chi connectivity index (χ4n) is 2.37. The molecule has 1 aliphatic carbocycles. The highest BCUT2D eigenvalue weighted by Gasteiger charge is 2.27. The Bertz CT molecular complexity index is 544. The van der Waals surface area contributed by atoms with E-state index < -0.39 is 0 Å². The van der Waals surface area contributed by atoms with E-state index in [4.69, 9.17) is 11.6 Å². The van der Waals surface area contributed by atoms with Gasteiger partial charge in [0.1, 0.15) is 0 Å². The molecule has 0 bridgehead atoms. The summed E-state index contributed by atoms with van der Waals surface area (Å²) in [4.78, 5) is 4.50. The normalized spacial score (nSPS) is 15.6. The second-order valence-electron chi connectivity index (χ2n) is 4.49. The summed E-state index contributed by atoms with van der Waals surface area (Å²) in [6.45, 7) is 2.20. The maximum atomic E-state index is 6.00. The molecule has 3 rings (SSSR count). The molecule has 1 nitrogen and oxygen atoms in total. The SMILES string of the molecule is CCc1cnc2cc(Cl)ccc2c1C1CC1. The minimum absolute atomic E-state index is 0.765. The van der Waals surface area contributed by atoms with Gasteiger partial charge in [-0.25, -0.2) is 0 Å². The molecular weight excluding hydrogens is 218 g/mol. The van der Waals surface area contributed by atoms with Crippen molar-refractivity contribution in [3.63, 3.8) is 0 Å². The van der Waals surface area contributed by atoms with Crippen LogP contribution in [0.25, 0.3) is 10.9 Å². The maximum Gasteiger partial charge on any atom is 0.0719 e. The van der Waals surface area contributed by atoms with Crippen molar-refractivity contribution >= 4 is 22.5 Å². The lowest BCUT2D eigenvalue weighted by atomic mass is 9.98. The van der Waals surface area contributed by atoms with Crippen molar-refractivity contribution in [3.05, 3.63) is 40.5 Å². The van der Waals surface area contributed by atoms with Crippen LogP contribution < -0.4 is 0 Å². The minimum Gasteiger partial charge on any atom is -0.256 e. The molecule has 1 aliphatic rings. The van der Waals surface area contributed by atoms with Gasteiger partial charge in [0.05, 0.1) is 5.52 Å². The molecule has 1 fully saturated rings. The monoisotopic (exact) mass is 231 g/mol. The van der Waals surface area contributed by atoms with Gasteiger partial charge in [-0.05, 0) is 48.4 Å². The number of hydrogen-bond donors (Lipinski definition) is 0. The highest BCUT2D eigenvalue weighted by Crippen LogP contribution is 2.44. The number of aryl methyl sites for hydroxylation is 1. The van der Waals surface area contributed by atoms with Crippen LogP contribution in [-0.4, -0.2) is 4.98 Å². The molecule has 0 radical (unpaired) electrons. The molecule has 0 spiro atoms. The quantitative estimate of drug-likeness (QED) is 0.750. The summed E-state index contributed by atoms with van der Waals surface area (Å²) in [6.07, 6.45) is 5.74. The Balaban J connectivity index is 2.30. The molecule has 16 heavy (non-hydrogen) atoms. The van der Waals surface area contributed by atoms with E-state index in [9.17, 15) is 0 Å². The van der Waals surface area contributed by atoms with Crippen molar-refractivity contribution in [2.45, 2.75) is 32.1 Å². The van der Waals surface area contributed by atoms with Gasteiger partial charge in [0.2, 0.25) is 0 Å². The Morgan fingerprint density at radius 1 is 1.38 bits per heavy atom. The fourth-order valence-corrected chi connectivity index (χ4v) is 2.53. The fraction of sp³-hybridized carbons (Fsp3) is 0.357. The van der Waals surface area contributed by atoms with Crippen LogP contribution in [0.3, 0.4) is 0 Å². The predicted molar refractivity (Wildman–Crippen MR) is 68.1 cm³/mol. The van der Waals surface area contributed by atoms with Crippen molar-refractivity contribution in [1.82, 2.24) is 4.98 Å². The Morgan fingerprint density at radius 3 is 2.88 bits per heavy atom. The highest BCUT2D eigenvalue weighted by molar-refractivity contribution is 6.31. The van der Waals surface area contributed by atoms with Gasteiger partial charge in [0, 0.05) is 16.6 Å². The van der Waals surface area contributed by atoms with E-state index in [0.717, 1.165) is 22.9 Å². The summed E-state index contributed by atoms with van der Waals surface area (Å²) in [5, 5.41) is 2.07. The van der Waals surface area contributed by atoms with E-state index >= 15 is 0 Å². The summed E-state index contributed by atoms with van der Waals surface area (Å²) in [5.41, 5.74) is 3.95.